The zero-order valence-electron chi connectivity index (χ0n) is 14.5. The van der Waals surface area contributed by atoms with Crippen molar-refractivity contribution in [1.82, 2.24) is 15.1 Å². The van der Waals surface area contributed by atoms with Crippen LogP contribution in [0.3, 0.4) is 0 Å². The van der Waals surface area contributed by atoms with Crippen molar-refractivity contribution in [3.63, 3.8) is 0 Å². The molecule has 0 bridgehead atoms. The Morgan fingerprint density at radius 2 is 2.08 bits per heavy atom. The van der Waals surface area contributed by atoms with Gasteiger partial charge in [0, 0.05) is 13.0 Å². The molecule has 1 atom stereocenters. The van der Waals surface area contributed by atoms with Crippen LogP contribution >= 0.6 is 35.6 Å². The quantitative estimate of drug-likeness (QED) is 0.463. The lowest BCUT2D eigenvalue weighted by Gasteiger charge is -2.14. The van der Waals surface area contributed by atoms with E-state index in [2.05, 4.69) is 10.2 Å². The van der Waals surface area contributed by atoms with Crippen LogP contribution in [0, 0.1) is 0 Å². The van der Waals surface area contributed by atoms with Gasteiger partial charge in [0.2, 0.25) is 17.7 Å². The normalized spacial score (nSPS) is 17.3. The summed E-state index contributed by atoms with van der Waals surface area (Å²) in [5, 5.41) is 8.76. The molecule has 0 aliphatic carbocycles. The third-order valence-corrected chi connectivity index (χ3v) is 6.30. The number of carbonyl (C=O) groups excluding carboxylic acids is 1. The summed E-state index contributed by atoms with van der Waals surface area (Å²) in [5.74, 6) is 1.21. The Labute approximate surface area is 167 Å². The molecule has 26 heavy (non-hydrogen) atoms. The van der Waals surface area contributed by atoms with E-state index in [1.165, 1.54) is 11.8 Å². The molecule has 0 radical (unpaired) electrons. The van der Waals surface area contributed by atoms with Crippen LogP contribution in [0.2, 0.25) is 5.02 Å². The van der Waals surface area contributed by atoms with Gasteiger partial charge in [0.05, 0.1) is 15.8 Å². The minimum absolute atomic E-state index is 0.00382. The van der Waals surface area contributed by atoms with Gasteiger partial charge in [-0.25, -0.2) is 0 Å². The molecule has 1 aliphatic heterocycles. The van der Waals surface area contributed by atoms with E-state index in [0.717, 1.165) is 31.2 Å². The predicted molar refractivity (Wildman–Crippen MR) is 108 cm³/mol. The minimum Gasteiger partial charge on any atom is -0.421 e. The Morgan fingerprint density at radius 3 is 2.81 bits per heavy atom. The van der Waals surface area contributed by atoms with E-state index in [9.17, 15) is 4.79 Å². The van der Waals surface area contributed by atoms with Gasteiger partial charge < -0.3 is 4.42 Å². The molecule has 2 aromatic rings. The van der Waals surface area contributed by atoms with Crippen molar-refractivity contribution < 1.29 is 9.21 Å². The first-order valence-electron chi connectivity index (χ1n) is 8.69. The minimum atomic E-state index is 0.00382. The van der Waals surface area contributed by atoms with E-state index in [-0.39, 0.29) is 11.2 Å². The summed E-state index contributed by atoms with van der Waals surface area (Å²) in [6.07, 6.45) is 4.34. The summed E-state index contributed by atoms with van der Waals surface area (Å²) in [4.78, 5) is 13.9. The molecule has 5 nitrogen and oxygen atoms in total. The average molecular weight is 410 g/mol. The standard InChI is InChI=1S/C18H20ClN3O2S2/c1-2-14-17(23)22(18(25)26-14)11-7-3-4-10-15-20-21-16(24-15)12-8-5-6-9-13(12)19/h5-6,8-9,14H,2-4,7,10-11H2,1H3. The van der Waals surface area contributed by atoms with Gasteiger partial charge in [0.25, 0.3) is 0 Å². The molecule has 1 saturated heterocycles. The molecule has 1 unspecified atom stereocenters. The Bertz CT molecular complexity index is 796. The first-order valence-corrected chi connectivity index (χ1v) is 10.4. The third-order valence-electron chi connectivity index (χ3n) is 4.22. The number of hydrogen-bond donors (Lipinski definition) is 0. The summed E-state index contributed by atoms with van der Waals surface area (Å²) >= 11 is 13.0. The van der Waals surface area contributed by atoms with Gasteiger partial charge in [0.1, 0.15) is 4.32 Å². The van der Waals surface area contributed by atoms with Crippen molar-refractivity contribution in [3.8, 4) is 11.5 Å². The van der Waals surface area contributed by atoms with Crippen molar-refractivity contribution in [1.29, 1.82) is 0 Å². The van der Waals surface area contributed by atoms with Crippen LogP contribution < -0.4 is 0 Å². The molecule has 8 heteroatoms. The number of amides is 1. The molecule has 0 saturated carbocycles. The van der Waals surface area contributed by atoms with Crippen molar-refractivity contribution in [2.75, 3.05) is 6.54 Å². The lowest BCUT2D eigenvalue weighted by Crippen LogP contribution is -2.32. The zero-order valence-corrected chi connectivity index (χ0v) is 16.9. The van der Waals surface area contributed by atoms with E-state index < -0.39 is 0 Å². The van der Waals surface area contributed by atoms with Gasteiger partial charge in [-0.15, -0.1) is 10.2 Å². The van der Waals surface area contributed by atoms with Gasteiger partial charge in [-0.1, -0.05) is 61.1 Å². The van der Waals surface area contributed by atoms with Gasteiger partial charge in [0.15, 0.2) is 0 Å². The molecule has 2 heterocycles. The van der Waals surface area contributed by atoms with Crippen LogP contribution in [0.15, 0.2) is 28.7 Å². The predicted octanol–water partition coefficient (Wildman–Crippen LogP) is 4.74. The Hall–Kier alpha value is -1.44. The van der Waals surface area contributed by atoms with Gasteiger partial charge >= 0.3 is 0 Å². The van der Waals surface area contributed by atoms with Crippen LogP contribution in [0.1, 0.15) is 38.5 Å². The second-order valence-corrected chi connectivity index (χ2v) is 8.31. The number of carbonyl (C=O) groups is 1. The number of aryl methyl sites for hydroxylation is 1. The molecular weight excluding hydrogens is 390 g/mol. The van der Waals surface area contributed by atoms with E-state index in [4.69, 9.17) is 28.2 Å². The lowest BCUT2D eigenvalue weighted by molar-refractivity contribution is -0.126. The molecule has 1 aromatic heterocycles. The first kappa shape index (κ1) is 19.3. The van der Waals surface area contributed by atoms with Crippen LogP contribution in [0.25, 0.3) is 11.5 Å². The highest BCUT2D eigenvalue weighted by Gasteiger charge is 2.34. The SMILES string of the molecule is CCC1SC(=S)N(CCCCCc2nnc(-c3ccccc3Cl)o2)C1=O. The summed E-state index contributed by atoms with van der Waals surface area (Å²) in [7, 11) is 0. The van der Waals surface area contributed by atoms with Crippen LogP contribution in [0.5, 0.6) is 0 Å². The summed E-state index contributed by atoms with van der Waals surface area (Å²) < 4.78 is 6.41. The molecule has 3 rings (SSSR count). The number of rotatable bonds is 8. The highest BCUT2D eigenvalue weighted by atomic mass is 35.5. The van der Waals surface area contributed by atoms with Crippen molar-refractivity contribution in [2.24, 2.45) is 0 Å². The zero-order chi connectivity index (χ0) is 18.5. The smallest absolute Gasteiger partial charge is 0.249 e. The molecule has 1 amide bonds. The fraction of sp³-hybridized carbons (Fsp3) is 0.444. The number of hydrogen-bond acceptors (Lipinski definition) is 6. The maximum atomic E-state index is 12.2. The number of thioether (sulfide) groups is 1. The summed E-state index contributed by atoms with van der Waals surface area (Å²) in [6.45, 7) is 2.71. The number of unbranched alkanes of at least 4 members (excludes halogenated alkanes) is 2. The topological polar surface area (TPSA) is 59.2 Å². The second-order valence-electron chi connectivity index (χ2n) is 6.06. The number of thiocarbonyl (C=S) groups is 1. The third kappa shape index (κ3) is 4.45. The van der Waals surface area contributed by atoms with Gasteiger partial charge in [-0.05, 0) is 31.4 Å². The van der Waals surface area contributed by atoms with Crippen molar-refractivity contribution in [2.45, 2.75) is 44.3 Å². The maximum Gasteiger partial charge on any atom is 0.249 e. The highest BCUT2D eigenvalue weighted by molar-refractivity contribution is 8.24. The monoisotopic (exact) mass is 409 g/mol. The molecule has 0 spiro atoms. The van der Waals surface area contributed by atoms with E-state index >= 15 is 0 Å². The fourth-order valence-corrected chi connectivity index (χ4v) is 4.47. The molecule has 1 aromatic carbocycles. The average Bonchev–Trinajstić information content (AvgIpc) is 3.21. The second kappa shape index (κ2) is 8.97. The van der Waals surface area contributed by atoms with Crippen LogP contribution in [-0.4, -0.2) is 37.1 Å². The van der Waals surface area contributed by atoms with Crippen LogP contribution in [0.4, 0.5) is 0 Å². The van der Waals surface area contributed by atoms with E-state index in [1.807, 2.05) is 25.1 Å². The summed E-state index contributed by atoms with van der Waals surface area (Å²) in [6, 6.07) is 7.40. The molecule has 138 valence electrons. The lowest BCUT2D eigenvalue weighted by atomic mass is 10.2. The molecule has 0 N–H and O–H groups in total. The van der Waals surface area contributed by atoms with Crippen LogP contribution in [-0.2, 0) is 11.2 Å². The highest BCUT2D eigenvalue weighted by Crippen LogP contribution is 2.30. The van der Waals surface area contributed by atoms with E-state index in [1.54, 1.807) is 11.0 Å². The largest absolute Gasteiger partial charge is 0.421 e. The van der Waals surface area contributed by atoms with E-state index in [0.29, 0.717) is 34.1 Å². The molecular formula is C18H20ClN3O2S2. The van der Waals surface area contributed by atoms with Gasteiger partial charge in [-0.2, -0.15) is 0 Å². The maximum absolute atomic E-state index is 12.2. The molecule has 1 fully saturated rings. The first-order chi connectivity index (χ1) is 12.6. The van der Waals surface area contributed by atoms with Crippen molar-refractivity contribution in [3.05, 3.63) is 35.2 Å². The number of nitrogens with zero attached hydrogens (tertiary/aromatic N) is 3. The Kier molecular flexibility index (Phi) is 6.67. The van der Waals surface area contributed by atoms with Gasteiger partial charge in [-0.3, -0.25) is 9.69 Å². The number of aromatic nitrogens is 2. The molecule has 1 aliphatic rings. The Morgan fingerprint density at radius 1 is 1.27 bits per heavy atom. The Balaban J connectivity index is 1.43. The van der Waals surface area contributed by atoms with Crippen molar-refractivity contribution >= 4 is 45.8 Å². The fourth-order valence-electron chi connectivity index (χ4n) is 2.78. The number of halogens is 1. The number of benzene rings is 1. The summed E-state index contributed by atoms with van der Waals surface area (Å²) in [5.41, 5.74) is 0.747.